The first-order chi connectivity index (χ1) is 14.5. The highest BCUT2D eigenvalue weighted by Crippen LogP contribution is 2.23. The van der Waals surface area contributed by atoms with E-state index in [-0.39, 0.29) is 22.8 Å². The lowest BCUT2D eigenvalue weighted by Crippen LogP contribution is -2.24. The van der Waals surface area contributed by atoms with Crippen LogP contribution in [0.1, 0.15) is 16.2 Å². The number of anilines is 1. The first kappa shape index (κ1) is 19.5. The van der Waals surface area contributed by atoms with Crippen LogP contribution in [0.4, 0.5) is 5.69 Å². The van der Waals surface area contributed by atoms with E-state index < -0.39 is 15.9 Å². The van der Waals surface area contributed by atoms with Crippen molar-refractivity contribution in [1.82, 2.24) is 15.5 Å². The molecule has 0 fully saturated rings. The Kier molecular flexibility index (Phi) is 5.36. The van der Waals surface area contributed by atoms with Crippen molar-refractivity contribution in [2.24, 2.45) is 0 Å². The van der Waals surface area contributed by atoms with Gasteiger partial charge in [-0.2, -0.15) is 5.10 Å². The normalized spacial score (nSPS) is 11.2. The topological polar surface area (TPSA) is 117 Å². The Morgan fingerprint density at radius 1 is 0.967 bits per heavy atom. The van der Waals surface area contributed by atoms with Gasteiger partial charge in [-0.25, -0.2) is 8.42 Å². The number of carbonyl (C=O) groups is 1. The first-order valence-electron chi connectivity index (χ1n) is 9.05. The fourth-order valence-electron chi connectivity index (χ4n) is 2.87. The molecule has 0 unspecified atom stereocenters. The number of aromatic nitrogens is 2. The van der Waals surface area contributed by atoms with Crippen molar-refractivity contribution in [3.8, 4) is 11.1 Å². The van der Waals surface area contributed by atoms with Crippen LogP contribution in [0, 0.1) is 0 Å². The van der Waals surface area contributed by atoms with E-state index in [1.165, 1.54) is 24.6 Å². The molecule has 152 valence electrons. The van der Waals surface area contributed by atoms with Crippen molar-refractivity contribution < 1.29 is 17.6 Å². The van der Waals surface area contributed by atoms with E-state index in [1.807, 2.05) is 30.3 Å². The molecule has 30 heavy (non-hydrogen) atoms. The molecule has 9 heteroatoms. The van der Waals surface area contributed by atoms with Crippen molar-refractivity contribution in [1.29, 1.82) is 0 Å². The van der Waals surface area contributed by atoms with Crippen molar-refractivity contribution in [3.05, 3.63) is 90.6 Å². The number of H-pyrrole nitrogens is 1. The fraction of sp³-hybridized carbons (Fsp3) is 0.0476. The molecule has 0 radical (unpaired) electrons. The third-order valence-electron chi connectivity index (χ3n) is 4.37. The van der Waals surface area contributed by atoms with Gasteiger partial charge in [-0.1, -0.05) is 42.5 Å². The average molecular weight is 422 g/mol. The lowest BCUT2D eigenvalue weighted by molar-refractivity contribution is 0.0944. The van der Waals surface area contributed by atoms with Gasteiger partial charge >= 0.3 is 0 Å². The molecule has 2 aromatic heterocycles. The number of amides is 1. The third kappa shape index (κ3) is 4.26. The Morgan fingerprint density at radius 3 is 2.40 bits per heavy atom. The summed E-state index contributed by atoms with van der Waals surface area (Å²) in [5.74, 6) is 0.0318. The van der Waals surface area contributed by atoms with Gasteiger partial charge in [0.05, 0.1) is 23.4 Å². The van der Waals surface area contributed by atoms with E-state index in [2.05, 4.69) is 20.2 Å². The van der Waals surface area contributed by atoms with Gasteiger partial charge in [0.1, 0.15) is 5.76 Å². The highest BCUT2D eigenvalue weighted by atomic mass is 32.2. The van der Waals surface area contributed by atoms with Crippen molar-refractivity contribution in [3.63, 3.8) is 0 Å². The summed E-state index contributed by atoms with van der Waals surface area (Å²) in [6.07, 6.45) is 2.82. The Bertz CT molecular complexity index is 1230. The van der Waals surface area contributed by atoms with Gasteiger partial charge in [0.2, 0.25) is 0 Å². The zero-order valence-electron chi connectivity index (χ0n) is 15.7. The molecular weight excluding hydrogens is 404 g/mol. The van der Waals surface area contributed by atoms with E-state index >= 15 is 0 Å². The van der Waals surface area contributed by atoms with Crippen LogP contribution in [-0.4, -0.2) is 24.5 Å². The number of nitrogens with one attached hydrogen (secondary N) is 3. The molecule has 1 amide bonds. The number of furan rings is 1. The monoisotopic (exact) mass is 422 g/mol. The van der Waals surface area contributed by atoms with E-state index in [4.69, 9.17) is 4.42 Å². The van der Waals surface area contributed by atoms with Crippen molar-refractivity contribution >= 4 is 21.6 Å². The molecule has 4 aromatic rings. The number of hydrogen-bond acceptors (Lipinski definition) is 5. The van der Waals surface area contributed by atoms with Gasteiger partial charge in [0.25, 0.3) is 15.9 Å². The Balaban J connectivity index is 1.49. The number of hydrogen-bond donors (Lipinski definition) is 3. The SMILES string of the molecule is O=C(NCc1ccco1)c1n[nH]cc1NS(=O)(=O)c1ccc(-c2ccccc2)cc1. The molecule has 3 N–H and O–H groups in total. The van der Waals surface area contributed by atoms with E-state index in [9.17, 15) is 13.2 Å². The van der Waals surface area contributed by atoms with Crippen LogP contribution in [0.15, 0.2) is 88.5 Å². The minimum atomic E-state index is -3.90. The van der Waals surface area contributed by atoms with Gasteiger partial charge in [0.15, 0.2) is 5.69 Å². The molecule has 2 heterocycles. The second-order valence-electron chi connectivity index (χ2n) is 6.41. The van der Waals surface area contributed by atoms with Crippen molar-refractivity contribution in [2.45, 2.75) is 11.4 Å². The van der Waals surface area contributed by atoms with Crippen LogP contribution in [0.5, 0.6) is 0 Å². The van der Waals surface area contributed by atoms with Gasteiger partial charge in [-0.05, 0) is 35.4 Å². The zero-order valence-corrected chi connectivity index (χ0v) is 16.5. The number of sulfonamides is 1. The maximum absolute atomic E-state index is 12.8. The lowest BCUT2D eigenvalue weighted by Gasteiger charge is -2.09. The van der Waals surface area contributed by atoms with Crippen LogP contribution in [0.3, 0.4) is 0 Å². The fourth-order valence-corrected chi connectivity index (χ4v) is 3.92. The second-order valence-corrected chi connectivity index (χ2v) is 8.09. The standard InChI is InChI=1S/C21H18N4O4S/c26-21(22-13-17-7-4-12-29-17)20-19(14-23-24-20)25-30(27,28)18-10-8-16(9-11-18)15-5-2-1-3-6-15/h1-12,14,25H,13H2,(H,22,26)(H,23,24). The molecule has 2 aromatic carbocycles. The summed E-state index contributed by atoms with van der Waals surface area (Å²) >= 11 is 0. The Hall–Kier alpha value is -3.85. The predicted molar refractivity (Wildman–Crippen MR) is 111 cm³/mol. The number of carbonyl (C=O) groups excluding carboxylic acids is 1. The maximum Gasteiger partial charge on any atom is 0.274 e. The molecule has 0 saturated heterocycles. The van der Waals surface area contributed by atoms with Crippen LogP contribution in [0.2, 0.25) is 0 Å². The van der Waals surface area contributed by atoms with Crippen LogP contribution in [-0.2, 0) is 16.6 Å². The Labute approximate surface area is 173 Å². The van der Waals surface area contributed by atoms with Gasteiger partial charge in [-0.15, -0.1) is 0 Å². The van der Waals surface area contributed by atoms with Crippen LogP contribution in [0.25, 0.3) is 11.1 Å². The largest absolute Gasteiger partial charge is 0.467 e. The lowest BCUT2D eigenvalue weighted by atomic mass is 10.1. The Morgan fingerprint density at radius 2 is 1.70 bits per heavy atom. The summed E-state index contributed by atoms with van der Waals surface area (Å²) in [6.45, 7) is 0.159. The minimum absolute atomic E-state index is 0.0547. The average Bonchev–Trinajstić information content (AvgIpc) is 3.45. The molecule has 0 spiro atoms. The second kappa shape index (κ2) is 8.26. The van der Waals surface area contributed by atoms with Crippen LogP contribution >= 0.6 is 0 Å². The predicted octanol–water partition coefficient (Wildman–Crippen LogP) is 3.40. The molecule has 0 aliphatic carbocycles. The molecule has 0 atom stereocenters. The summed E-state index contributed by atoms with van der Waals surface area (Å²) < 4.78 is 33.1. The van der Waals surface area contributed by atoms with E-state index in [1.54, 1.807) is 24.3 Å². The van der Waals surface area contributed by atoms with E-state index in [0.717, 1.165) is 11.1 Å². The third-order valence-corrected chi connectivity index (χ3v) is 5.76. The zero-order chi connectivity index (χ0) is 21.0. The minimum Gasteiger partial charge on any atom is -0.467 e. The number of aromatic amines is 1. The smallest absolute Gasteiger partial charge is 0.274 e. The van der Waals surface area contributed by atoms with Gasteiger partial charge in [0, 0.05) is 6.20 Å². The highest BCUT2D eigenvalue weighted by molar-refractivity contribution is 7.92. The summed E-state index contributed by atoms with van der Waals surface area (Å²) in [6, 6.07) is 19.6. The molecular formula is C21H18N4O4S. The number of nitrogens with zero attached hydrogens (tertiary/aromatic N) is 1. The molecule has 0 bridgehead atoms. The molecule has 0 saturated carbocycles. The molecule has 0 aliphatic heterocycles. The number of rotatable bonds is 7. The quantitative estimate of drug-likeness (QED) is 0.422. The molecule has 4 rings (SSSR count). The highest BCUT2D eigenvalue weighted by Gasteiger charge is 2.21. The first-order valence-corrected chi connectivity index (χ1v) is 10.5. The van der Waals surface area contributed by atoms with Crippen molar-refractivity contribution in [2.75, 3.05) is 4.72 Å². The summed E-state index contributed by atoms with van der Waals surface area (Å²) in [4.78, 5) is 12.4. The summed E-state index contributed by atoms with van der Waals surface area (Å²) in [5.41, 5.74) is 1.88. The number of benzene rings is 2. The summed E-state index contributed by atoms with van der Waals surface area (Å²) in [5, 5.41) is 9.00. The van der Waals surface area contributed by atoms with E-state index in [0.29, 0.717) is 5.76 Å². The van der Waals surface area contributed by atoms with Gasteiger partial charge < -0.3 is 9.73 Å². The molecule has 8 nitrogen and oxygen atoms in total. The molecule has 0 aliphatic rings. The summed E-state index contributed by atoms with van der Waals surface area (Å²) in [7, 11) is -3.90. The maximum atomic E-state index is 12.8. The van der Waals surface area contributed by atoms with Gasteiger partial charge in [-0.3, -0.25) is 14.6 Å². The van der Waals surface area contributed by atoms with Crippen LogP contribution < -0.4 is 10.0 Å².